The fourth-order valence-electron chi connectivity index (χ4n) is 1.19. The van der Waals surface area contributed by atoms with Crippen molar-refractivity contribution in [3.05, 3.63) is 39.8 Å². The van der Waals surface area contributed by atoms with E-state index < -0.39 is 11.7 Å². The Labute approximate surface area is 89.3 Å². The van der Waals surface area contributed by atoms with E-state index in [9.17, 15) is 13.2 Å². The third kappa shape index (κ3) is 2.80. The zero-order valence-corrected chi connectivity index (χ0v) is 8.32. The molecule has 0 saturated heterocycles. The predicted molar refractivity (Wildman–Crippen MR) is 50.8 cm³/mol. The maximum atomic E-state index is 12.6. The number of methoxy groups -OCH3 is 1. The van der Waals surface area contributed by atoms with Crippen LogP contribution in [0.15, 0.2) is 23.3 Å². The highest BCUT2D eigenvalue weighted by Gasteiger charge is 2.34. The number of halogens is 3. The summed E-state index contributed by atoms with van der Waals surface area (Å²) < 4.78 is 42.3. The lowest BCUT2D eigenvalue weighted by atomic mass is 10.1. The summed E-state index contributed by atoms with van der Waals surface area (Å²) in [6.07, 6.45) is -4.49. The summed E-state index contributed by atoms with van der Waals surface area (Å²) in [5, 5.41) is 3.19. The van der Waals surface area contributed by atoms with E-state index >= 15 is 0 Å². The first kappa shape index (κ1) is 12.2. The average Bonchev–Trinajstić information content (AvgIpc) is 2.24. The number of hydrogen-bond acceptors (Lipinski definition) is 2. The lowest BCUT2D eigenvalue weighted by molar-refractivity contribution is -0.138. The molecule has 0 radical (unpaired) electrons. The molecule has 1 rings (SSSR count). The largest absolute Gasteiger partial charge is 0.496 e. The van der Waals surface area contributed by atoms with Gasteiger partial charge in [-0.1, -0.05) is 11.2 Å². The zero-order valence-electron chi connectivity index (χ0n) is 8.32. The smallest absolute Gasteiger partial charge is 0.419 e. The van der Waals surface area contributed by atoms with E-state index in [1.807, 2.05) is 0 Å². The molecule has 0 aliphatic rings. The number of benzene rings is 1. The van der Waals surface area contributed by atoms with Crippen LogP contribution in [0.3, 0.4) is 0 Å². The highest BCUT2D eigenvalue weighted by molar-refractivity contribution is 5.39. The predicted octanol–water partition coefficient (Wildman–Crippen LogP) is 3.52. The molecule has 0 bridgehead atoms. The molecule has 0 aliphatic carbocycles. The van der Waals surface area contributed by atoms with Crippen LogP contribution in [0.5, 0.6) is 5.75 Å². The van der Waals surface area contributed by atoms with Gasteiger partial charge >= 0.3 is 6.18 Å². The van der Waals surface area contributed by atoms with E-state index in [1.165, 1.54) is 12.1 Å². The monoisotopic (exact) mass is 231 g/mol. The molecule has 0 heterocycles. The molecule has 1 aromatic carbocycles. The summed E-state index contributed by atoms with van der Waals surface area (Å²) in [5.41, 5.74) is 7.48. The number of hydrogen-bond donors (Lipinski definition) is 0. The van der Waals surface area contributed by atoms with E-state index in [1.54, 1.807) is 0 Å². The van der Waals surface area contributed by atoms with Gasteiger partial charge in [0.15, 0.2) is 0 Å². The van der Waals surface area contributed by atoms with Crippen LogP contribution in [0.4, 0.5) is 13.2 Å². The Balaban J connectivity index is 3.16. The Bertz CT molecular complexity index is 424. The van der Waals surface area contributed by atoms with Crippen molar-refractivity contribution in [2.75, 3.05) is 7.11 Å². The van der Waals surface area contributed by atoms with Crippen molar-refractivity contribution in [1.82, 2.24) is 0 Å². The molecule has 0 amide bonds. The lowest BCUT2D eigenvalue weighted by Gasteiger charge is -2.12. The molecule has 0 atom stereocenters. The van der Waals surface area contributed by atoms with Crippen molar-refractivity contribution in [3.8, 4) is 5.75 Å². The molecular weight excluding hydrogens is 223 g/mol. The first-order valence-electron chi connectivity index (χ1n) is 4.24. The molecule has 0 fully saturated rings. The summed E-state index contributed by atoms with van der Waals surface area (Å²) in [6.45, 7) is -0.121. The SMILES string of the molecule is COc1ccc(CN=[N+]=[N-])cc1C(F)(F)F. The van der Waals surface area contributed by atoms with Gasteiger partial charge in [-0.3, -0.25) is 0 Å². The number of nitrogens with zero attached hydrogens (tertiary/aromatic N) is 3. The van der Waals surface area contributed by atoms with Crippen molar-refractivity contribution in [2.24, 2.45) is 5.11 Å². The van der Waals surface area contributed by atoms with Gasteiger partial charge in [0.1, 0.15) is 5.75 Å². The molecule has 4 nitrogen and oxygen atoms in total. The van der Waals surface area contributed by atoms with Gasteiger partial charge in [0.05, 0.1) is 19.2 Å². The van der Waals surface area contributed by atoms with E-state index in [-0.39, 0.29) is 17.9 Å². The van der Waals surface area contributed by atoms with Crippen molar-refractivity contribution in [3.63, 3.8) is 0 Å². The second-order valence-corrected chi connectivity index (χ2v) is 2.92. The maximum Gasteiger partial charge on any atom is 0.419 e. The highest BCUT2D eigenvalue weighted by Crippen LogP contribution is 2.36. The van der Waals surface area contributed by atoms with Gasteiger partial charge in [-0.15, -0.1) is 0 Å². The first-order valence-corrected chi connectivity index (χ1v) is 4.24. The minimum absolute atomic E-state index is 0.121. The molecule has 0 aliphatic heterocycles. The molecule has 0 saturated carbocycles. The topological polar surface area (TPSA) is 58.0 Å². The number of azide groups is 1. The standard InChI is InChI=1S/C9H8F3N3O/c1-16-8-3-2-6(5-14-15-13)4-7(8)9(10,11)12/h2-4H,5H2,1H3. The summed E-state index contributed by atoms with van der Waals surface area (Å²) in [7, 11) is 1.16. The second kappa shape index (κ2) is 4.76. The van der Waals surface area contributed by atoms with Crippen LogP contribution >= 0.6 is 0 Å². The van der Waals surface area contributed by atoms with E-state index in [0.717, 1.165) is 13.2 Å². The molecule has 86 valence electrons. The summed E-state index contributed by atoms with van der Waals surface area (Å²) in [4.78, 5) is 2.48. The van der Waals surface area contributed by atoms with Gasteiger partial charge in [0.2, 0.25) is 0 Å². The molecule has 0 aromatic heterocycles. The van der Waals surface area contributed by atoms with Gasteiger partial charge in [-0.25, -0.2) is 0 Å². The fraction of sp³-hybridized carbons (Fsp3) is 0.333. The number of ether oxygens (including phenoxy) is 1. The third-order valence-electron chi connectivity index (χ3n) is 1.89. The molecule has 0 N–H and O–H groups in total. The fourth-order valence-corrected chi connectivity index (χ4v) is 1.19. The van der Waals surface area contributed by atoms with Crippen molar-refractivity contribution < 1.29 is 17.9 Å². The van der Waals surface area contributed by atoms with Crippen molar-refractivity contribution in [1.29, 1.82) is 0 Å². The number of rotatable bonds is 3. The zero-order chi connectivity index (χ0) is 12.2. The maximum absolute atomic E-state index is 12.6. The van der Waals surface area contributed by atoms with Crippen LogP contribution in [-0.2, 0) is 12.7 Å². The van der Waals surface area contributed by atoms with E-state index in [2.05, 4.69) is 14.8 Å². The number of alkyl halides is 3. The van der Waals surface area contributed by atoms with Crippen molar-refractivity contribution in [2.45, 2.75) is 12.7 Å². The first-order chi connectivity index (χ1) is 7.49. The Morgan fingerprint density at radius 1 is 1.44 bits per heavy atom. The van der Waals surface area contributed by atoms with Crippen LogP contribution in [0.1, 0.15) is 11.1 Å². The Kier molecular flexibility index (Phi) is 3.63. The molecular formula is C9H8F3N3O. The normalized spacial score (nSPS) is 10.8. The lowest BCUT2D eigenvalue weighted by Crippen LogP contribution is -2.08. The minimum atomic E-state index is -4.49. The Morgan fingerprint density at radius 2 is 2.12 bits per heavy atom. The van der Waals surface area contributed by atoms with Gasteiger partial charge in [-0.05, 0) is 23.2 Å². The van der Waals surface area contributed by atoms with Gasteiger partial charge in [0, 0.05) is 4.91 Å². The van der Waals surface area contributed by atoms with Crippen molar-refractivity contribution >= 4 is 0 Å². The quantitative estimate of drug-likeness (QED) is 0.446. The minimum Gasteiger partial charge on any atom is -0.496 e. The van der Waals surface area contributed by atoms with Crippen LogP contribution < -0.4 is 4.74 Å². The average molecular weight is 231 g/mol. The van der Waals surface area contributed by atoms with Crippen LogP contribution in [0.2, 0.25) is 0 Å². The van der Waals surface area contributed by atoms with Gasteiger partial charge < -0.3 is 4.74 Å². The Hall–Kier alpha value is -1.88. The summed E-state index contributed by atoms with van der Waals surface area (Å²) in [6, 6.07) is 3.53. The van der Waals surface area contributed by atoms with E-state index in [0.29, 0.717) is 0 Å². The van der Waals surface area contributed by atoms with Gasteiger partial charge in [0.25, 0.3) is 0 Å². The molecule has 0 unspecified atom stereocenters. The van der Waals surface area contributed by atoms with Gasteiger partial charge in [-0.2, -0.15) is 13.2 Å². The van der Waals surface area contributed by atoms with Crippen LogP contribution in [0.25, 0.3) is 10.4 Å². The van der Waals surface area contributed by atoms with Crippen LogP contribution in [-0.4, -0.2) is 7.11 Å². The van der Waals surface area contributed by atoms with E-state index in [4.69, 9.17) is 5.53 Å². The molecule has 1 aromatic rings. The molecule has 7 heteroatoms. The molecule has 0 spiro atoms. The van der Waals surface area contributed by atoms with Crippen LogP contribution in [0, 0.1) is 0 Å². The highest BCUT2D eigenvalue weighted by atomic mass is 19.4. The second-order valence-electron chi connectivity index (χ2n) is 2.92. The summed E-state index contributed by atoms with van der Waals surface area (Å²) in [5.74, 6) is -0.253. The molecule has 16 heavy (non-hydrogen) atoms. The summed E-state index contributed by atoms with van der Waals surface area (Å²) >= 11 is 0. The Morgan fingerprint density at radius 3 is 2.62 bits per heavy atom. The third-order valence-corrected chi connectivity index (χ3v) is 1.89.